The number of rotatable bonds is 6. The maximum absolute atomic E-state index is 11.2. The fraction of sp³-hybridized carbons (Fsp3) is 0.300. The second-order valence-electron chi connectivity index (χ2n) is 7.05. The molecule has 1 N–H and O–H groups in total. The molecule has 0 radical (unpaired) electrons. The zero-order valence-corrected chi connectivity index (χ0v) is 16.5. The standard InChI is InChI=1S/C20H22N4O3S/c1-13-7-17-19(8-14(13)2)23(12-21-17)9-15(25)10-24-18-6-4-3-5-16(18)22-20(24)11-28(26)27/h3-8,12,15,25H,9-11H2,1-2H3,(H,26,27)/p-1. The van der Waals surface area contributed by atoms with Crippen LogP contribution in [0.25, 0.3) is 22.1 Å². The van der Waals surface area contributed by atoms with Crippen LogP contribution in [0.4, 0.5) is 0 Å². The van der Waals surface area contributed by atoms with E-state index in [0.717, 1.165) is 16.6 Å². The van der Waals surface area contributed by atoms with Gasteiger partial charge in [-0.3, -0.25) is 4.21 Å². The molecule has 2 heterocycles. The molecule has 2 aromatic heterocycles. The highest BCUT2D eigenvalue weighted by Gasteiger charge is 2.16. The second-order valence-corrected chi connectivity index (χ2v) is 7.95. The number of benzene rings is 2. The highest BCUT2D eigenvalue weighted by atomic mass is 32.2. The molecule has 0 bridgehead atoms. The van der Waals surface area contributed by atoms with Crippen molar-refractivity contribution >= 4 is 33.1 Å². The van der Waals surface area contributed by atoms with Crippen LogP contribution in [-0.4, -0.2) is 39.1 Å². The number of aromatic nitrogens is 4. The molecule has 0 saturated heterocycles. The van der Waals surface area contributed by atoms with E-state index >= 15 is 0 Å². The first-order valence-corrected chi connectivity index (χ1v) is 10.3. The molecule has 2 unspecified atom stereocenters. The van der Waals surface area contributed by atoms with E-state index in [1.54, 1.807) is 10.9 Å². The highest BCUT2D eigenvalue weighted by Crippen LogP contribution is 2.21. The summed E-state index contributed by atoms with van der Waals surface area (Å²) < 4.78 is 26.1. The SMILES string of the molecule is Cc1cc2ncn(CC(O)Cn3c(CS(=O)[O-])nc4ccccc43)c2cc1C. The first-order valence-electron chi connectivity index (χ1n) is 9.02. The molecule has 7 nitrogen and oxygen atoms in total. The van der Waals surface area contributed by atoms with Crippen molar-refractivity contribution < 1.29 is 13.9 Å². The Balaban J connectivity index is 1.63. The Labute approximate surface area is 164 Å². The summed E-state index contributed by atoms with van der Waals surface area (Å²) in [5, 5.41) is 10.7. The monoisotopic (exact) mass is 397 g/mol. The smallest absolute Gasteiger partial charge is 0.121 e. The molecule has 0 fully saturated rings. The Morgan fingerprint density at radius 2 is 1.86 bits per heavy atom. The van der Waals surface area contributed by atoms with E-state index in [1.165, 1.54) is 11.1 Å². The lowest BCUT2D eigenvalue weighted by molar-refractivity contribution is 0.136. The van der Waals surface area contributed by atoms with Gasteiger partial charge in [0.05, 0.1) is 53.3 Å². The predicted molar refractivity (Wildman–Crippen MR) is 108 cm³/mol. The van der Waals surface area contributed by atoms with Crippen molar-refractivity contribution in [3.8, 4) is 0 Å². The van der Waals surface area contributed by atoms with Crippen molar-refractivity contribution in [3.05, 3.63) is 59.7 Å². The van der Waals surface area contributed by atoms with Crippen LogP contribution in [0.1, 0.15) is 17.0 Å². The van der Waals surface area contributed by atoms with E-state index in [9.17, 15) is 13.9 Å². The number of nitrogens with zero attached hydrogens (tertiary/aromatic N) is 4. The third-order valence-corrected chi connectivity index (χ3v) is 5.51. The van der Waals surface area contributed by atoms with Crippen LogP contribution in [0.15, 0.2) is 42.7 Å². The molecule has 0 spiro atoms. The lowest BCUT2D eigenvalue weighted by atomic mass is 10.1. The molecule has 0 aliphatic rings. The lowest BCUT2D eigenvalue weighted by Crippen LogP contribution is -2.23. The van der Waals surface area contributed by atoms with Gasteiger partial charge in [0.25, 0.3) is 0 Å². The molecule has 4 aromatic rings. The largest absolute Gasteiger partial charge is 0.772 e. The second kappa shape index (κ2) is 7.46. The van der Waals surface area contributed by atoms with Crippen LogP contribution in [0, 0.1) is 13.8 Å². The molecule has 146 valence electrons. The number of hydrogen-bond acceptors (Lipinski definition) is 5. The highest BCUT2D eigenvalue weighted by molar-refractivity contribution is 7.78. The maximum Gasteiger partial charge on any atom is 0.121 e. The number of fused-ring (bicyclic) bond motifs is 2. The van der Waals surface area contributed by atoms with Crippen LogP contribution in [0.3, 0.4) is 0 Å². The third-order valence-electron chi connectivity index (χ3n) is 5.02. The van der Waals surface area contributed by atoms with Crippen LogP contribution < -0.4 is 0 Å². The summed E-state index contributed by atoms with van der Waals surface area (Å²) >= 11 is -2.25. The normalized spacial score (nSPS) is 14.0. The number of aryl methyl sites for hydroxylation is 2. The summed E-state index contributed by atoms with van der Waals surface area (Å²) in [6.07, 6.45) is 1.00. The number of aliphatic hydroxyl groups is 1. The molecule has 2 aromatic carbocycles. The lowest BCUT2D eigenvalue weighted by Gasteiger charge is -2.16. The summed E-state index contributed by atoms with van der Waals surface area (Å²) in [5.41, 5.74) is 5.74. The first kappa shape index (κ1) is 18.8. The first-order chi connectivity index (χ1) is 13.4. The van der Waals surface area contributed by atoms with Gasteiger partial charge < -0.3 is 18.8 Å². The Morgan fingerprint density at radius 1 is 1.11 bits per heavy atom. The van der Waals surface area contributed by atoms with Gasteiger partial charge in [-0.25, -0.2) is 9.97 Å². The average Bonchev–Trinajstić information content (AvgIpc) is 3.17. The zero-order valence-electron chi connectivity index (χ0n) is 15.7. The number of hydrogen-bond donors (Lipinski definition) is 1. The van der Waals surface area contributed by atoms with Crippen LogP contribution in [0.2, 0.25) is 0 Å². The van der Waals surface area contributed by atoms with E-state index in [-0.39, 0.29) is 12.3 Å². The van der Waals surface area contributed by atoms with Gasteiger partial charge in [0.15, 0.2) is 0 Å². The Bertz CT molecular complexity index is 1180. The van der Waals surface area contributed by atoms with Crippen molar-refractivity contribution in [3.63, 3.8) is 0 Å². The van der Waals surface area contributed by atoms with Gasteiger partial charge in [-0.2, -0.15) is 0 Å². The van der Waals surface area contributed by atoms with Crippen molar-refractivity contribution in [2.45, 2.75) is 38.8 Å². The summed E-state index contributed by atoms with van der Waals surface area (Å²) in [6, 6.07) is 11.6. The molecule has 4 rings (SSSR count). The van der Waals surface area contributed by atoms with E-state index in [4.69, 9.17) is 0 Å². The Hall–Kier alpha value is -2.55. The van der Waals surface area contributed by atoms with Crippen molar-refractivity contribution in [1.82, 2.24) is 19.1 Å². The van der Waals surface area contributed by atoms with Gasteiger partial charge >= 0.3 is 0 Å². The number of aliphatic hydroxyl groups excluding tert-OH is 1. The topological polar surface area (TPSA) is 96.0 Å². The Kier molecular flexibility index (Phi) is 5.01. The summed E-state index contributed by atoms with van der Waals surface area (Å²) in [6.45, 7) is 4.70. The third kappa shape index (κ3) is 3.58. The van der Waals surface area contributed by atoms with Gasteiger partial charge in [-0.1, -0.05) is 12.1 Å². The Morgan fingerprint density at radius 3 is 2.64 bits per heavy atom. The summed E-state index contributed by atoms with van der Waals surface area (Å²) in [5.74, 6) is 0.240. The van der Waals surface area contributed by atoms with Gasteiger partial charge in [0, 0.05) is 0 Å². The van der Waals surface area contributed by atoms with E-state index in [2.05, 4.69) is 23.0 Å². The van der Waals surface area contributed by atoms with Gasteiger partial charge in [-0.15, -0.1) is 0 Å². The fourth-order valence-corrected chi connectivity index (χ4v) is 3.93. The predicted octanol–water partition coefficient (Wildman–Crippen LogP) is 2.44. The minimum Gasteiger partial charge on any atom is -0.772 e. The molecular weight excluding hydrogens is 376 g/mol. The minimum absolute atomic E-state index is 0.187. The maximum atomic E-state index is 11.2. The quantitative estimate of drug-likeness (QED) is 0.504. The molecule has 28 heavy (non-hydrogen) atoms. The number of para-hydroxylation sites is 2. The average molecular weight is 397 g/mol. The summed E-state index contributed by atoms with van der Waals surface area (Å²) in [4.78, 5) is 8.84. The molecule has 8 heteroatoms. The van der Waals surface area contributed by atoms with E-state index < -0.39 is 17.2 Å². The van der Waals surface area contributed by atoms with E-state index in [1.807, 2.05) is 41.8 Å². The van der Waals surface area contributed by atoms with Gasteiger partial charge in [0.1, 0.15) is 5.82 Å². The fourth-order valence-electron chi connectivity index (χ4n) is 3.50. The molecule has 0 saturated carbocycles. The van der Waals surface area contributed by atoms with Crippen LogP contribution in [-0.2, 0) is 29.9 Å². The van der Waals surface area contributed by atoms with Gasteiger partial charge in [0.2, 0.25) is 0 Å². The minimum atomic E-state index is -2.25. The van der Waals surface area contributed by atoms with Crippen molar-refractivity contribution in [2.24, 2.45) is 0 Å². The number of imidazole rings is 2. The zero-order chi connectivity index (χ0) is 19.8. The van der Waals surface area contributed by atoms with Crippen molar-refractivity contribution in [2.75, 3.05) is 0 Å². The van der Waals surface area contributed by atoms with Crippen LogP contribution >= 0.6 is 0 Å². The van der Waals surface area contributed by atoms with Gasteiger partial charge in [-0.05, 0) is 60.3 Å². The molecule has 2 atom stereocenters. The molecule has 0 aliphatic heterocycles. The molecular formula is C20H21N4O3S-. The van der Waals surface area contributed by atoms with Crippen LogP contribution in [0.5, 0.6) is 0 Å². The molecule has 0 amide bonds. The summed E-state index contributed by atoms with van der Waals surface area (Å²) in [7, 11) is 0. The van der Waals surface area contributed by atoms with E-state index in [0.29, 0.717) is 17.9 Å². The molecule has 0 aliphatic carbocycles. The van der Waals surface area contributed by atoms with Crippen molar-refractivity contribution in [1.29, 1.82) is 0 Å².